The molecule has 2 aliphatic rings. The molecule has 3 aromatic rings. The molecule has 2 heterocycles. The summed E-state index contributed by atoms with van der Waals surface area (Å²) in [6.07, 6.45) is 5.20. The summed E-state index contributed by atoms with van der Waals surface area (Å²) < 4.78 is 5.72. The molecule has 0 fully saturated rings. The van der Waals surface area contributed by atoms with Gasteiger partial charge < -0.3 is 10.1 Å². The van der Waals surface area contributed by atoms with Crippen LogP contribution in [0, 0.1) is 0 Å². The summed E-state index contributed by atoms with van der Waals surface area (Å²) in [5, 5.41) is 3.40. The molecule has 5 nitrogen and oxygen atoms in total. The first-order valence-corrected chi connectivity index (χ1v) is 12.0. The molecule has 5 rings (SSSR count). The average Bonchev–Trinajstić information content (AvgIpc) is 2.89. The SMILES string of the molecule is CC1=C(C(=O)OCCc2ccccc2)C(c2cccnc2)C2=C(CC(c3ccccc3)CC2=O)N1. The van der Waals surface area contributed by atoms with Crippen molar-refractivity contribution in [2.24, 2.45) is 0 Å². The Labute approximate surface area is 205 Å². The molecule has 2 atom stereocenters. The van der Waals surface area contributed by atoms with Gasteiger partial charge in [0.1, 0.15) is 0 Å². The topological polar surface area (TPSA) is 68.3 Å². The van der Waals surface area contributed by atoms with Gasteiger partial charge >= 0.3 is 5.97 Å². The Balaban J connectivity index is 1.44. The molecule has 176 valence electrons. The molecule has 5 heteroatoms. The number of rotatable bonds is 6. The highest BCUT2D eigenvalue weighted by Crippen LogP contribution is 2.45. The van der Waals surface area contributed by atoms with E-state index in [1.54, 1.807) is 12.4 Å². The Kier molecular flexibility index (Phi) is 6.57. The molecule has 2 aromatic carbocycles. The number of ketones is 1. The number of carbonyl (C=O) groups excluding carboxylic acids is 2. The largest absolute Gasteiger partial charge is 0.462 e. The van der Waals surface area contributed by atoms with Gasteiger partial charge in [-0.3, -0.25) is 9.78 Å². The molecule has 0 saturated heterocycles. The number of esters is 1. The van der Waals surface area contributed by atoms with Crippen molar-refractivity contribution in [2.75, 3.05) is 6.61 Å². The first kappa shape index (κ1) is 22.8. The van der Waals surface area contributed by atoms with Crippen LogP contribution in [0.15, 0.2) is 108 Å². The molecule has 35 heavy (non-hydrogen) atoms. The van der Waals surface area contributed by atoms with E-state index in [1.807, 2.05) is 67.6 Å². The van der Waals surface area contributed by atoms with E-state index in [-0.39, 0.29) is 18.3 Å². The summed E-state index contributed by atoms with van der Waals surface area (Å²) in [6.45, 7) is 2.16. The van der Waals surface area contributed by atoms with Crippen LogP contribution in [0.4, 0.5) is 0 Å². The van der Waals surface area contributed by atoms with Crippen LogP contribution in [0.2, 0.25) is 0 Å². The third-order valence-electron chi connectivity index (χ3n) is 6.80. The maximum absolute atomic E-state index is 13.6. The van der Waals surface area contributed by atoms with Crippen molar-refractivity contribution in [1.82, 2.24) is 10.3 Å². The fourth-order valence-corrected chi connectivity index (χ4v) is 5.13. The van der Waals surface area contributed by atoms with E-state index in [4.69, 9.17) is 4.74 Å². The lowest BCUT2D eigenvalue weighted by molar-refractivity contribution is -0.139. The van der Waals surface area contributed by atoms with Crippen LogP contribution in [0.5, 0.6) is 0 Å². The summed E-state index contributed by atoms with van der Waals surface area (Å²) in [7, 11) is 0. The van der Waals surface area contributed by atoms with E-state index in [2.05, 4.69) is 22.4 Å². The van der Waals surface area contributed by atoms with Gasteiger partial charge in [0, 0.05) is 48.1 Å². The highest BCUT2D eigenvalue weighted by atomic mass is 16.5. The van der Waals surface area contributed by atoms with E-state index in [0.29, 0.717) is 24.0 Å². The van der Waals surface area contributed by atoms with Crippen LogP contribution in [-0.4, -0.2) is 23.3 Å². The average molecular weight is 465 g/mol. The zero-order valence-electron chi connectivity index (χ0n) is 19.7. The van der Waals surface area contributed by atoms with Crippen molar-refractivity contribution in [1.29, 1.82) is 0 Å². The van der Waals surface area contributed by atoms with Crippen LogP contribution >= 0.6 is 0 Å². The molecule has 0 amide bonds. The Morgan fingerprint density at radius 3 is 2.40 bits per heavy atom. The molecule has 1 aliphatic heterocycles. The van der Waals surface area contributed by atoms with Gasteiger partial charge in [-0.05, 0) is 42.0 Å². The van der Waals surface area contributed by atoms with Gasteiger partial charge in [0.05, 0.1) is 12.2 Å². The number of dihydropyridines is 1. The van der Waals surface area contributed by atoms with Gasteiger partial charge in [0.25, 0.3) is 0 Å². The van der Waals surface area contributed by atoms with Gasteiger partial charge in [0.15, 0.2) is 5.78 Å². The molecular formula is C30H28N2O3. The van der Waals surface area contributed by atoms with Gasteiger partial charge in [-0.25, -0.2) is 4.79 Å². The second-order valence-electron chi connectivity index (χ2n) is 9.09. The number of benzene rings is 2. The van der Waals surface area contributed by atoms with Crippen molar-refractivity contribution < 1.29 is 14.3 Å². The lowest BCUT2D eigenvalue weighted by Crippen LogP contribution is -2.36. The van der Waals surface area contributed by atoms with E-state index < -0.39 is 11.9 Å². The molecular weight excluding hydrogens is 436 g/mol. The van der Waals surface area contributed by atoms with E-state index in [0.717, 1.165) is 34.5 Å². The van der Waals surface area contributed by atoms with Crippen LogP contribution in [-0.2, 0) is 20.7 Å². The molecule has 1 aromatic heterocycles. The van der Waals surface area contributed by atoms with Gasteiger partial charge in [-0.15, -0.1) is 0 Å². The quantitative estimate of drug-likeness (QED) is 0.506. The minimum absolute atomic E-state index is 0.0588. The van der Waals surface area contributed by atoms with Crippen LogP contribution < -0.4 is 5.32 Å². The van der Waals surface area contributed by atoms with Gasteiger partial charge in [0.2, 0.25) is 0 Å². The number of carbonyl (C=O) groups is 2. The lowest BCUT2D eigenvalue weighted by Gasteiger charge is -2.36. The summed E-state index contributed by atoms with van der Waals surface area (Å²) in [5.74, 6) is -0.724. The maximum atomic E-state index is 13.6. The Bertz CT molecular complexity index is 1280. The van der Waals surface area contributed by atoms with Gasteiger partial charge in [-0.2, -0.15) is 0 Å². The van der Waals surface area contributed by atoms with Crippen molar-refractivity contribution in [2.45, 2.75) is 38.0 Å². The van der Waals surface area contributed by atoms with E-state index in [9.17, 15) is 9.59 Å². The monoisotopic (exact) mass is 464 g/mol. The summed E-state index contributed by atoms with van der Waals surface area (Å²) in [5.41, 5.74) is 5.84. The lowest BCUT2D eigenvalue weighted by atomic mass is 9.72. The third kappa shape index (κ3) is 4.80. The van der Waals surface area contributed by atoms with Crippen LogP contribution in [0.25, 0.3) is 0 Å². The number of aromatic nitrogens is 1. The highest BCUT2D eigenvalue weighted by molar-refractivity contribution is 6.04. The zero-order chi connectivity index (χ0) is 24.2. The first-order valence-electron chi connectivity index (χ1n) is 12.0. The maximum Gasteiger partial charge on any atom is 0.336 e. The molecule has 2 unspecified atom stereocenters. The number of pyridine rings is 1. The third-order valence-corrected chi connectivity index (χ3v) is 6.80. The number of ether oxygens (including phenoxy) is 1. The Morgan fingerprint density at radius 2 is 1.69 bits per heavy atom. The summed E-state index contributed by atoms with van der Waals surface area (Å²) in [6, 6.07) is 23.8. The second-order valence-corrected chi connectivity index (χ2v) is 9.09. The van der Waals surface area contributed by atoms with Gasteiger partial charge in [-0.1, -0.05) is 66.7 Å². The Hall–Kier alpha value is -3.99. The summed E-state index contributed by atoms with van der Waals surface area (Å²) in [4.78, 5) is 31.2. The molecule has 1 aliphatic carbocycles. The number of allylic oxidation sites excluding steroid dienone is 3. The first-order chi connectivity index (χ1) is 17.1. The van der Waals surface area contributed by atoms with Crippen molar-refractivity contribution in [3.8, 4) is 0 Å². The molecule has 0 bridgehead atoms. The summed E-state index contributed by atoms with van der Waals surface area (Å²) >= 11 is 0. The van der Waals surface area contributed by atoms with Crippen molar-refractivity contribution >= 4 is 11.8 Å². The second kappa shape index (κ2) is 10.1. The molecule has 0 radical (unpaired) electrons. The Morgan fingerprint density at radius 1 is 0.971 bits per heavy atom. The predicted molar refractivity (Wildman–Crippen MR) is 134 cm³/mol. The number of nitrogens with one attached hydrogen (secondary N) is 1. The molecule has 1 N–H and O–H groups in total. The number of hydrogen-bond donors (Lipinski definition) is 1. The van der Waals surface area contributed by atoms with E-state index in [1.165, 1.54) is 0 Å². The van der Waals surface area contributed by atoms with E-state index >= 15 is 0 Å². The molecule has 0 spiro atoms. The fraction of sp³-hybridized carbons (Fsp3) is 0.233. The predicted octanol–water partition coefficient (Wildman–Crippen LogP) is 5.23. The smallest absolute Gasteiger partial charge is 0.336 e. The van der Waals surface area contributed by atoms with Crippen LogP contribution in [0.3, 0.4) is 0 Å². The minimum Gasteiger partial charge on any atom is -0.462 e. The number of Topliss-reactive ketones (excluding diaryl/α,β-unsaturated/α-hetero) is 1. The normalized spacial score (nSPS) is 19.7. The molecule has 0 saturated carbocycles. The minimum atomic E-state index is -0.492. The standard InChI is InChI=1S/C30H28N2O3/c1-20-27(30(34)35-16-14-21-9-4-2-5-10-21)28(23-13-8-15-31-19-23)29-25(32-20)17-24(18-26(29)33)22-11-6-3-7-12-22/h2-13,15,19,24,28,32H,14,16-18H2,1H3. The van der Waals surface area contributed by atoms with Crippen molar-refractivity contribution in [3.63, 3.8) is 0 Å². The number of nitrogens with zero attached hydrogens (tertiary/aromatic N) is 1. The van der Waals surface area contributed by atoms with Crippen molar-refractivity contribution in [3.05, 3.63) is 124 Å². The van der Waals surface area contributed by atoms with Crippen LogP contribution in [0.1, 0.15) is 48.3 Å². The zero-order valence-corrected chi connectivity index (χ0v) is 19.7. The highest BCUT2D eigenvalue weighted by Gasteiger charge is 2.41. The number of hydrogen-bond acceptors (Lipinski definition) is 5. The fourth-order valence-electron chi connectivity index (χ4n) is 5.13.